The number of amides is 1. The van der Waals surface area contributed by atoms with E-state index < -0.39 is 0 Å². The Kier molecular flexibility index (Phi) is 6.44. The summed E-state index contributed by atoms with van der Waals surface area (Å²) in [5.74, 6) is 1.52. The average molecular weight is 370 g/mol. The van der Waals surface area contributed by atoms with Gasteiger partial charge >= 0.3 is 0 Å². The maximum atomic E-state index is 13.5. The van der Waals surface area contributed by atoms with Gasteiger partial charge in [0.2, 0.25) is 11.8 Å². The van der Waals surface area contributed by atoms with Crippen molar-refractivity contribution in [3.63, 3.8) is 0 Å². The zero-order chi connectivity index (χ0) is 18.2. The summed E-state index contributed by atoms with van der Waals surface area (Å²) in [5, 5.41) is 2.85. The highest BCUT2D eigenvalue weighted by molar-refractivity contribution is 7.98. The SMILES string of the molecule is O=C(Cc1coc(-c2ccccc2)n1)NCCSCc1ccccc1F. The van der Waals surface area contributed by atoms with Crippen LogP contribution >= 0.6 is 11.8 Å². The van der Waals surface area contributed by atoms with Crippen LogP contribution in [0.3, 0.4) is 0 Å². The molecule has 4 nitrogen and oxygen atoms in total. The van der Waals surface area contributed by atoms with Crippen LogP contribution in [0.15, 0.2) is 65.3 Å². The van der Waals surface area contributed by atoms with Crippen molar-refractivity contribution in [1.82, 2.24) is 10.3 Å². The van der Waals surface area contributed by atoms with E-state index in [-0.39, 0.29) is 18.1 Å². The second-order valence-corrected chi connectivity index (χ2v) is 6.79. The number of carbonyl (C=O) groups is 1. The molecular formula is C20H19FN2O2S. The van der Waals surface area contributed by atoms with E-state index in [2.05, 4.69) is 10.3 Å². The summed E-state index contributed by atoms with van der Waals surface area (Å²) in [6.07, 6.45) is 1.68. The molecule has 134 valence electrons. The van der Waals surface area contributed by atoms with Crippen molar-refractivity contribution >= 4 is 17.7 Å². The van der Waals surface area contributed by atoms with Crippen molar-refractivity contribution in [2.75, 3.05) is 12.3 Å². The van der Waals surface area contributed by atoms with Crippen LogP contribution in [0.1, 0.15) is 11.3 Å². The highest BCUT2D eigenvalue weighted by Crippen LogP contribution is 2.18. The Morgan fingerprint density at radius 2 is 1.88 bits per heavy atom. The van der Waals surface area contributed by atoms with E-state index in [4.69, 9.17) is 4.42 Å². The number of benzene rings is 2. The van der Waals surface area contributed by atoms with Crippen LogP contribution in [0.4, 0.5) is 4.39 Å². The lowest BCUT2D eigenvalue weighted by molar-refractivity contribution is -0.120. The second kappa shape index (κ2) is 9.20. The van der Waals surface area contributed by atoms with Crippen molar-refractivity contribution in [3.8, 4) is 11.5 Å². The molecule has 0 fully saturated rings. The van der Waals surface area contributed by atoms with E-state index in [1.165, 1.54) is 12.3 Å². The van der Waals surface area contributed by atoms with Gasteiger partial charge in [0, 0.05) is 23.6 Å². The maximum absolute atomic E-state index is 13.5. The Labute approximate surface area is 155 Å². The van der Waals surface area contributed by atoms with Crippen molar-refractivity contribution in [3.05, 3.63) is 77.9 Å². The van der Waals surface area contributed by atoms with Gasteiger partial charge in [-0.2, -0.15) is 11.8 Å². The monoisotopic (exact) mass is 370 g/mol. The van der Waals surface area contributed by atoms with E-state index in [0.29, 0.717) is 35.2 Å². The second-order valence-electron chi connectivity index (χ2n) is 5.68. The third-order valence-corrected chi connectivity index (χ3v) is 4.71. The first-order valence-electron chi connectivity index (χ1n) is 8.30. The minimum Gasteiger partial charge on any atom is -0.444 e. The summed E-state index contributed by atoms with van der Waals surface area (Å²) in [6.45, 7) is 0.529. The molecular weight excluding hydrogens is 351 g/mol. The van der Waals surface area contributed by atoms with E-state index in [1.54, 1.807) is 23.9 Å². The first-order valence-corrected chi connectivity index (χ1v) is 9.45. The van der Waals surface area contributed by atoms with Crippen LogP contribution < -0.4 is 5.32 Å². The fourth-order valence-electron chi connectivity index (χ4n) is 2.39. The van der Waals surface area contributed by atoms with E-state index >= 15 is 0 Å². The van der Waals surface area contributed by atoms with Crippen molar-refractivity contribution in [2.24, 2.45) is 0 Å². The highest BCUT2D eigenvalue weighted by atomic mass is 32.2. The van der Waals surface area contributed by atoms with Gasteiger partial charge in [0.25, 0.3) is 0 Å². The Morgan fingerprint density at radius 1 is 1.12 bits per heavy atom. The summed E-state index contributed by atoms with van der Waals surface area (Å²) >= 11 is 1.58. The lowest BCUT2D eigenvalue weighted by atomic mass is 10.2. The van der Waals surface area contributed by atoms with E-state index in [1.807, 2.05) is 36.4 Å². The summed E-state index contributed by atoms with van der Waals surface area (Å²) in [5.41, 5.74) is 2.16. The topological polar surface area (TPSA) is 55.1 Å². The molecule has 3 rings (SSSR count). The van der Waals surface area contributed by atoms with Gasteiger partial charge in [-0.15, -0.1) is 0 Å². The molecule has 3 aromatic rings. The van der Waals surface area contributed by atoms with Crippen LogP contribution in [0.2, 0.25) is 0 Å². The smallest absolute Gasteiger partial charge is 0.226 e. The molecule has 0 aliphatic heterocycles. The third-order valence-electron chi connectivity index (χ3n) is 3.70. The molecule has 1 aromatic heterocycles. The summed E-state index contributed by atoms with van der Waals surface area (Å²) in [7, 11) is 0. The summed E-state index contributed by atoms with van der Waals surface area (Å²) < 4.78 is 18.9. The molecule has 26 heavy (non-hydrogen) atoms. The Bertz CT molecular complexity index is 852. The molecule has 0 aliphatic rings. The standard InChI is InChI=1S/C20H19FN2O2S/c21-18-9-5-4-8-16(18)14-26-11-10-22-19(24)12-17-13-25-20(23-17)15-6-2-1-3-7-15/h1-9,13H,10-12,14H2,(H,22,24). The molecule has 0 saturated carbocycles. The quantitative estimate of drug-likeness (QED) is 0.607. The molecule has 1 amide bonds. The number of rotatable bonds is 8. The molecule has 0 aliphatic carbocycles. The first-order chi connectivity index (χ1) is 12.7. The molecule has 0 bridgehead atoms. The van der Waals surface area contributed by atoms with Gasteiger partial charge in [-0.1, -0.05) is 36.4 Å². The Hall–Kier alpha value is -2.60. The number of hydrogen-bond donors (Lipinski definition) is 1. The van der Waals surface area contributed by atoms with E-state index in [9.17, 15) is 9.18 Å². The summed E-state index contributed by atoms with van der Waals surface area (Å²) in [4.78, 5) is 16.3. The van der Waals surface area contributed by atoms with Gasteiger partial charge in [0.05, 0.1) is 12.1 Å². The number of thioether (sulfide) groups is 1. The van der Waals surface area contributed by atoms with Gasteiger partial charge in [-0.05, 0) is 23.8 Å². The van der Waals surface area contributed by atoms with Crippen molar-refractivity contribution in [2.45, 2.75) is 12.2 Å². The van der Waals surface area contributed by atoms with Crippen molar-refractivity contribution in [1.29, 1.82) is 0 Å². The minimum atomic E-state index is -0.190. The number of aromatic nitrogens is 1. The van der Waals surface area contributed by atoms with Gasteiger partial charge in [-0.25, -0.2) is 9.37 Å². The Morgan fingerprint density at radius 3 is 2.69 bits per heavy atom. The molecule has 0 saturated heterocycles. The van der Waals surface area contributed by atoms with Gasteiger partial charge in [0.15, 0.2) is 0 Å². The largest absolute Gasteiger partial charge is 0.444 e. The molecule has 1 heterocycles. The lowest BCUT2D eigenvalue weighted by Crippen LogP contribution is -2.27. The fourth-order valence-corrected chi connectivity index (χ4v) is 3.23. The van der Waals surface area contributed by atoms with Crippen LogP contribution in [0, 0.1) is 5.82 Å². The molecule has 0 radical (unpaired) electrons. The predicted octanol–water partition coefficient (Wildman–Crippen LogP) is 4.07. The van der Waals surface area contributed by atoms with Crippen LogP contribution in [0.5, 0.6) is 0 Å². The number of hydrogen-bond acceptors (Lipinski definition) is 4. The van der Waals surface area contributed by atoms with Crippen molar-refractivity contribution < 1.29 is 13.6 Å². The number of carbonyl (C=O) groups excluding carboxylic acids is 1. The fraction of sp³-hybridized carbons (Fsp3) is 0.200. The predicted molar refractivity (Wildman–Crippen MR) is 101 cm³/mol. The normalized spacial score (nSPS) is 10.7. The maximum Gasteiger partial charge on any atom is 0.226 e. The first kappa shape index (κ1) is 18.2. The van der Waals surface area contributed by atoms with Gasteiger partial charge in [-0.3, -0.25) is 4.79 Å². The number of halogens is 1. The number of oxazole rings is 1. The zero-order valence-electron chi connectivity index (χ0n) is 14.2. The molecule has 6 heteroatoms. The molecule has 0 atom stereocenters. The molecule has 0 unspecified atom stereocenters. The minimum absolute atomic E-state index is 0.107. The molecule has 0 spiro atoms. The number of nitrogens with one attached hydrogen (secondary N) is 1. The van der Waals surface area contributed by atoms with Crippen LogP contribution in [-0.2, 0) is 17.0 Å². The highest BCUT2D eigenvalue weighted by Gasteiger charge is 2.10. The van der Waals surface area contributed by atoms with Crippen LogP contribution in [0.25, 0.3) is 11.5 Å². The molecule has 2 aromatic carbocycles. The van der Waals surface area contributed by atoms with Gasteiger partial charge < -0.3 is 9.73 Å². The molecule has 1 N–H and O–H groups in total. The zero-order valence-corrected chi connectivity index (χ0v) is 15.0. The van der Waals surface area contributed by atoms with Gasteiger partial charge in [0.1, 0.15) is 12.1 Å². The third kappa shape index (κ3) is 5.20. The number of nitrogens with zero attached hydrogens (tertiary/aromatic N) is 1. The van der Waals surface area contributed by atoms with Crippen LogP contribution in [-0.4, -0.2) is 23.2 Å². The Balaban J connectivity index is 1.38. The lowest BCUT2D eigenvalue weighted by Gasteiger charge is -2.05. The van der Waals surface area contributed by atoms with E-state index in [0.717, 1.165) is 5.56 Å². The summed E-state index contributed by atoms with van der Waals surface area (Å²) in [6, 6.07) is 16.3. The average Bonchev–Trinajstić information content (AvgIpc) is 3.12.